The Bertz CT molecular complexity index is 523. The second kappa shape index (κ2) is 4.91. The molecule has 1 aliphatic rings. The van der Waals surface area contributed by atoms with Gasteiger partial charge in [-0.25, -0.2) is 4.79 Å². The Hall–Kier alpha value is -2.05. The zero-order chi connectivity index (χ0) is 14.2. The van der Waals surface area contributed by atoms with E-state index in [1.807, 2.05) is 4.90 Å². The number of carboxylic acids is 1. The minimum absolute atomic E-state index is 0.202. The first kappa shape index (κ1) is 13.4. The number of aromatic carboxylic acids is 1. The molecule has 1 aromatic heterocycles. The number of hydrogen-bond donors (Lipinski definition) is 2. The number of amides is 1. The van der Waals surface area contributed by atoms with Gasteiger partial charge in [-0.3, -0.25) is 9.48 Å². The molecule has 1 fully saturated rings. The first-order valence-corrected chi connectivity index (χ1v) is 6.23. The lowest BCUT2D eigenvalue weighted by atomic mass is 9.97. The molecule has 19 heavy (non-hydrogen) atoms. The van der Waals surface area contributed by atoms with Crippen molar-refractivity contribution < 1.29 is 14.7 Å². The number of anilines is 1. The maximum absolute atomic E-state index is 11.3. The van der Waals surface area contributed by atoms with E-state index >= 15 is 0 Å². The smallest absolute Gasteiger partial charge is 0.341 e. The molecule has 0 spiro atoms. The average Bonchev–Trinajstić information content (AvgIpc) is 2.64. The number of carbonyl (C=O) groups excluding carboxylic acids is 1. The summed E-state index contributed by atoms with van der Waals surface area (Å²) in [6, 6.07) is 0. The maximum atomic E-state index is 11.3. The van der Waals surface area contributed by atoms with Crippen LogP contribution >= 0.6 is 0 Å². The molecule has 1 aliphatic heterocycles. The predicted octanol–water partition coefficient (Wildman–Crippen LogP) is 0.128. The SMILES string of the molecule is Cc1nn(C)c(N2CCCC(C(N)=O)C2)c1C(=O)O. The number of aromatic nitrogens is 2. The fourth-order valence-electron chi connectivity index (χ4n) is 2.66. The van der Waals surface area contributed by atoms with Crippen molar-refractivity contribution in [2.45, 2.75) is 19.8 Å². The Morgan fingerprint density at radius 2 is 2.16 bits per heavy atom. The van der Waals surface area contributed by atoms with Crippen molar-refractivity contribution in [3.63, 3.8) is 0 Å². The Labute approximate surface area is 111 Å². The lowest BCUT2D eigenvalue weighted by Gasteiger charge is -2.33. The van der Waals surface area contributed by atoms with Gasteiger partial charge in [-0.05, 0) is 19.8 Å². The van der Waals surface area contributed by atoms with Crippen molar-refractivity contribution in [3.8, 4) is 0 Å². The summed E-state index contributed by atoms with van der Waals surface area (Å²) in [5.41, 5.74) is 6.02. The number of nitrogens with zero attached hydrogens (tertiary/aromatic N) is 3. The van der Waals surface area contributed by atoms with Crippen LogP contribution in [0.5, 0.6) is 0 Å². The molecular weight excluding hydrogens is 248 g/mol. The average molecular weight is 266 g/mol. The number of piperidine rings is 1. The topological polar surface area (TPSA) is 101 Å². The minimum Gasteiger partial charge on any atom is -0.477 e. The van der Waals surface area contributed by atoms with Crippen molar-refractivity contribution in [1.82, 2.24) is 9.78 Å². The molecule has 1 saturated heterocycles. The molecule has 7 heteroatoms. The highest BCUT2D eigenvalue weighted by molar-refractivity contribution is 5.95. The van der Waals surface area contributed by atoms with Crippen LogP contribution in [0.2, 0.25) is 0 Å². The van der Waals surface area contributed by atoms with Crippen LogP contribution in [0.15, 0.2) is 0 Å². The molecule has 0 bridgehead atoms. The van der Waals surface area contributed by atoms with E-state index in [4.69, 9.17) is 5.73 Å². The summed E-state index contributed by atoms with van der Waals surface area (Å²) in [4.78, 5) is 24.5. The quantitative estimate of drug-likeness (QED) is 0.809. The summed E-state index contributed by atoms with van der Waals surface area (Å²) in [7, 11) is 1.71. The van der Waals surface area contributed by atoms with E-state index in [1.54, 1.807) is 18.7 Å². The Kier molecular flexibility index (Phi) is 3.46. The number of carboxylic acid groups (broad SMARTS) is 1. The summed E-state index contributed by atoms with van der Waals surface area (Å²) in [6.45, 7) is 2.83. The number of carbonyl (C=O) groups is 2. The Morgan fingerprint density at radius 1 is 1.47 bits per heavy atom. The zero-order valence-corrected chi connectivity index (χ0v) is 11.1. The highest BCUT2D eigenvalue weighted by Gasteiger charge is 2.30. The molecule has 0 saturated carbocycles. The summed E-state index contributed by atoms with van der Waals surface area (Å²) in [5, 5.41) is 13.4. The van der Waals surface area contributed by atoms with Crippen molar-refractivity contribution in [2.24, 2.45) is 18.7 Å². The van der Waals surface area contributed by atoms with Crippen LogP contribution in [0.3, 0.4) is 0 Å². The van der Waals surface area contributed by atoms with Gasteiger partial charge in [-0.15, -0.1) is 0 Å². The second-order valence-corrected chi connectivity index (χ2v) is 4.90. The molecule has 0 aliphatic carbocycles. The van der Waals surface area contributed by atoms with Gasteiger partial charge in [-0.1, -0.05) is 0 Å². The van der Waals surface area contributed by atoms with Gasteiger partial charge in [0.2, 0.25) is 5.91 Å². The van der Waals surface area contributed by atoms with Crippen molar-refractivity contribution in [1.29, 1.82) is 0 Å². The van der Waals surface area contributed by atoms with E-state index in [0.717, 1.165) is 12.8 Å². The van der Waals surface area contributed by atoms with Gasteiger partial charge in [0.15, 0.2) is 0 Å². The van der Waals surface area contributed by atoms with Gasteiger partial charge in [0.1, 0.15) is 11.4 Å². The van der Waals surface area contributed by atoms with Crippen LogP contribution in [0.4, 0.5) is 5.82 Å². The van der Waals surface area contributed by atoms with Gasteiger partial charge in [0, 0.05) is 20.1 Å². The van der Waals surface area contributed by atoms with Crippen LogP contribution in [0.25, 0.3) is 0 Å². The Balaban J connectivity index is 2.36. The lowest BCUT2D eigenvalue weighted by molar-refractivity contribution is -0.122. The molecular formula is C12H18N4O3. The van der Waals surface area contributed by atoms with Crippen LogP contribution in [0.1, 0.15) is 28.9 Å². The van der Waals surface area contributed by atoms with E-state index in [-0.39, 0.29) is 17.4 Å². The number of nitrogens with two attached hydrogens (primary N) is 1. The molecule has 1 atom stereocenters. The van der Waals surface area contributed by atoms with Crippen LogP contribution in [-0.2, 0) is 11.8 Å². The monoisotopic (exact) mass is 266 g/mol. The standard InChI is InChI=1S/C12H18N4O3/c1-7-9(12(18)19)11(15(2)14-7)16-5-3-4-8(6-16)10(13)17/h8H,3-6H2,1-2H3,(H2,13,17)(H,18,19). The van der Waals surface area contributed by atoms with E-state index in [2.05, 4.69) is 5.10 Å². The number of aryl methyl sites for hydroxylation is 2. The molecule has 0 radical (unpaired) electrons. The highest BCUT2D eigenvalue weighted by atomic mass is 16.4. The molecule has 1 unspecified atom stereocenters. The number of rotatable bonds is 3. The predicted molar refractivity (Wildman–Crippen MR) is 69.0 cm³/mol. The molecule has 1 amide bonds. The maximum Gasteiger partial charge on any atom is 0.341 e. The summed E-state index contributed by atoms with van der Waals surface area (Å²) in [6.07, 6.45) is 1.57. The van der Waals surface area contributed by atoms with Crippen LogP contribution < -0.4 is 10.6 Å². The summed E-state index contributed by atoms with van der Waals surface area (Å²) < 4.78 is 1.56. The molecule has 104 valence electrons. The van der Waals surface area contributed by atoms with Crippen LogP contribution in [-0.4, -0.2) is 39.9 Å². The second-order valence-electron chi connectivity index (χ2n) is 4.90. The lowest BCUT2D eigenvalue weighted by Crippen LogP contribution is -2.42. The molecule has 2 heterocycles. The normalized spacial score (nSPS) is 19.5. The van der Waals surface area contributed by atoms with Crippen LogP contribution in [0, 0.1) is 12.8 Å². The van der Waals surface area contributed by atoms with Crippen molar-refractivity contribution >= 4 is 17.7 Å². The first-order valence-electron chi connectivity index (χ1n) is 6.23. The van der Waals surface area contributed by atoms with E-state index < -0.39 is 5.97 Å². The van der Waals surface area contributed by atoms with E-state index in [0.29, 0.717) is 24.6 Å². The third-order valence-corrected chi connectivity index (χ3v) is 3.53. The third-order valence-electron chi connectivity index (χ3n) is 3.53. The van der Waals surface area contributed by atoms with Gasteiger partial charge in [0.05, 0.1) is 11.6 Å². The number of primary amides is 1. The third kappa shape index (κ3) is 2.40. The number of hydrogen-bond acceptors (Lipinski definition) is 4. The molecule has 7 nitrogen and oxygen atoms in total. The molecule has 2 rings (SSSR count). The highest BCUT2D eigenvalue weighted by Crippen LogP contribution is 2.27. The van der Waals surface area contributed by atoms with E-state index in [9.17, 15) is 14.7 Å². The van der Waals surface area contributed by atoms with Gasteiger partial charge >= 0.3 is 5.97 Å². The first-order chi connectivity index (χ1) is 8.91. The van der Waals surface area contributed by atoms with Crippen molar-refractivity contribution in [2.75, 3.05) is 18.0 Å². The van der Waals surface area contributed by atoms with Gasteiger partial charge in [0.25, 0.3) is 0 Å². The largest absolute Gasteiger partial charge is 0.477 e. The fourth-order valence-corrected chi connectivity index (χ4v) is 2.66. The molecule has 0 aromatic carbocycles. The van der Waals surface area contributed by atoms with Gasteiger partial charge in [-0.2, -0.15) is 5.10 Å². The minimum atomic E-state index is -0.998. The summed E-state index contributed by atoms with van der Waals surface area (Å²) >= 11 is 0. The summed E-state index contributed by atoms with van der Waals surface area (Å²) in [5.74, 6) is -1.01. The van der Waals surface area contributed by atoms with Crippen molar-refractivity contribution in [3.05, 3.63) is 11.3 Å². The fraction of sp³-hybridized carbons (Fsp3) is 0.583. The Morgan fingerprint density at radius 3 is 2.74 bits per heavy atom. The zero-order valence-electron chi connectivity index (χ0n) is 11.1. The van der Waals surface area contributed by atoms with E-state index in [1.165, 1.54) is 0 Å². The van der Waals surface area contributed by atoms with Gasteiger partial charge < -0.3 is 15.7 Å². The molecule has 1 aromatic rings. The molecule has 3 N–H and O–H groups in total.